The van der Waals surface area contributed by atoms with E-state index in [4.69, 9.17) is 11.6 Å². The van der Waals surface area contributed by atoms with E-state index in [2.05, 4.69) is 15.6 Å². The zero-order valence-electron chi connectivity index (χ0n) is 18.5. The first-order valence-electron chi connectivity index (χ1n) is 10.7. The second kappa shape index (κ2) is 10.6. The van der Waals surface area contributed by atoms with Crippen LogP contribution < -0.4 is 27.2 Å². The SMILES string of the molecule is CCNC(=O)c1ccc(N(N)C(/C=C/Cc2cccc(C)n2)=C(\N)C(=O)NC2CC2)cc1. The van der Waals surface area contributed by atoms with Crippen LogP contribution in [-0.4, -0.2) is 29.4 Å². The van der Waals surface area contributed by atoms with Crippen molar-refractivity contribution < 1.29 is 9.59 Å². The third kappa shape index (κ3) is 6.18. The van der Waals surface area contributed by atoms with Crippen molar-refractivity contribution in [2.24, 2.45) is 11.6 Å². The minimum absolute atomic E-state index is 0.0284. The minimum atomic E-state index is -0.352. The van der Waals surface area contributed by atoms with Gasteiger partial charge in [0, 0.05) is 36.0 Å². The molecule has 1 heterocycles. The van der Waals surface area contributed by atoms with Crippen LogP contribution in [0.15, 0.2) is 66.0 Å². The zero-order valence-corrected chi connectivity index (χ0v) is 18.5. The maximum Gasteiger partial charge on any atom is 0.269 e. The predicted molar refractivity (Wildman–Crippen MR) is 125 cm³/mol. The van der Waals surface area contributed by atoms with Gasteiger partial charge in [0.2, 0.25) is 0 Å². The second-order valence-corrected chi connectivity index (χ2v) is 7.70. The highest BCUT2D eigenvalue weighted by molar-refractivity contribution is 5.95. The standard InChI is InChI=1S/C24H30N6O2/c1-3-27-23(31)17-10-14-20(15-11-17)30(26)21(22(25)24(32)29-19-12-13-19)9-5-8-18-7-4-6-16(2)28-18/h4-7,9-11,14-15,19H,3,8,12-13,25-26H2,1-2H3,(H,27,31)(H,29,32)/b9-5+,22-21-. The summed E-state index contributed by atoms with van der Waals surface area (Å²) in [5, 5.41) is 7.00. The summed E-state index contributed by atoms with van der Waals surface area (Å²) in [5.74, 6) is 5.85. The number of carbonyl (C=O) groups is 2. The molecule has 0 atom stereocenters. The Balaban J connectivity index is 1.84. The summed E-state index contributed by atoms with van der Waals surface area (Å²) in [6, 6.07) is 12.8. The molecule has 0 unspecified atom stereocenters. The number of aryl methyl sites for hydroxylation is 1. The van der Waals surface area contributed by atoms with Crippen molar-refractivity contribution in [2.45, 2.75) is 39.2 Å². The number of nitrogens with two attached hydrogens (primary N) is 2. The van der Waals surface area contributed by atoms with E-state index < -0.39 is 0 Å². The molecule has 0 saturated heterocycles. The van der Waals surface area contributed by atoms with Crippen molar-refractivity contribution in [3.8, 4) is 0 Å². The Hall–Kier alpha value is -3.65. The molecule has 1 fully saturated rings. The van der Waals surface area contributed by atoms with Crippen LogP contribution in [0.4, 0.5) is 5.69 Å². The van der Waals surface area contributed by atoms with Crippen molar-refractivity contribution in [3.05, 3.63) is 83.0 Å². The van der Waals surface area contributed by atoms with Crippen LogP contribution in [0.3, 0.4) is 0 Å². The van der Waals surface area contributed by atoms with E-state index in [0.29, 0.717) is 29.9 Å². The molecule has 1 aliphatic rings. The molecule has 1 aliphatic carbocycles. The van der Waals surface area contributed by atoms with Gasteiger partial charge in [-0.2, -0.15) is 0 Å². The number of nitrogens with one attached hydrogen (secondary N) is 2. The van der Waals surface area contributed by atoms with Crippen LogP contribution in [0.25, 0.3) is 0 Å². The average Bonchev–Trinajstić information content (AvgIpc) is 3.60. The van der Waals surface area contributed by atoms with E-state index in [9.17, 15) is 9.59 Å². The molecule has 0 spiro atoms. The van der Waals surface area contributed by atoms with Crippen molar-refractivity contribution in [1.82, 2.24) is 15.6 Å². The molecule has 2 aromatic rings. The van der Waals surface area contributed by atoms with Crippen molar-refractivity contribution in [2.75, 3.05) is 11.6 Å². The van der Waals surface area contributed by atoms with Crippen LogP contribution >= 0.6 is 0 Å². The third-order valence-corrected chi connectivity index (χ3v) is 4.99. The number of rotatable bonds is 9. The number of aromatic nitrogens is 1. The van der Waals surface area contributed by atoms with Crippen LogP contribution in [0.1, 0.15) is 41.5 Å². The molecule has 1 aromatic heterocycles. The molecular weight excluding hydrogens is 404 g/mol. The molecule has 3 rings (SSSR count). The van der Waals surface area contributed by atoms with Gasteiger partial charge in [-0.1, -0.05) is 12.1 Å². The van der Waals surface area contributed by atoms with Gasteiger partial charge >= 0.3 is 0 Å². The van der Waals surface area contributed by atoms with E-state index >= 15 is 0 Å². The van der Waals surface area contributed by atoms with Gasteiger partial charge in [-0.15, -0.1) is 0 Å². The number of carbonyl (C=O) groups excluding carboxylic acids is 2. The summed E-state index contributed by atoms with van der Waals surface area (Å²) >= 11 is 0. The highest BCUT2D eigenvalue weighted by Gasteiger charge is 2.25. The zero-order chi connectivity index (χ0) is 23.1. The highest BCUT2D eigenvalue weighted by atomic mass is 16.2. The Labute approximate surface area is 188 Å². The van der Waals surface area contributed by atoms with Crippen LogP contribution in [0, 0.1) is 6.92 Å². The molecule has 6 N–H and O–H groups in total. The van der Waals surface area contributed by atoms with Gasteiger partial charge in [0.25, 0.3) is 11.8 Å². The summed E-state index contributed by atoms with van der Waals surface area (Å²) in [7, 11) is 0. The molecule has 2 amide bonds. The molecule has 0 aliphatic heterocycles. The number of anilines is 1. The molecular formula is C24H30N6O2. The van der Waals surface area contributed by atoms with Crippen LogP contribution in [0.5, 0.6) is 0 Å². The fourth-order valence-corrected chi connectivity index (χ4v) is 3.09. The first-order chi connectivity index (χ1) is 15.4. The number of benzene rings is 1. The van der Waals surface area contributed by atoms with E-state index in [1.54, 1.807) is 30.3 Å². The summed E-state index contributed by atoms with van der Waals surface area (Å²) < 4.78 is 0. The third-order valence-electron chi connectivity index (χ3n) is 4.99. The highest BCUT2D eigenvalue weighted by Crippen LogP contribution is 2.21. The summed E-state index contributed by atoms with van der Waals surface area (Å²) in [5.41, 5.74) is 9.55. The van der Waals surface area contributed by atoms with E-state index in [1.165, 1.54) is 5.01 Å². The lowest BCUT2D eigenvalue weighted by Crippen LogP contribution is -2.37. The topological polar surface area (TPSA) is 126 Å². The van der Waals surface area contributed by atoms with Crippen molar-refractivity contribution in [3.63, 3.8) is 0 Å². The smallest absolute Gasteiger partial charge is 0.269 e. The number of allylic oxidation sites excluding steroid dienone is 2. The molecule has 1 aromatic carbocycles. The molecule has 1 saturated carbocycles. The molecule has 8 heteroatoms. The lowest BCUT2D eigenvalue weighted by Gasteiger charge is -2.22. The predicted octanol–water partition coefficient (Wildman–Crippen LogP) is 2.07. The first-order valence-corrected chi connectivity index (χ1v) is 10.7. The number of amides is 2. The monoisotopic (exact) mass is 434 g/mol. The Morgan fingerprint density at radius 3 is 2.53 bits per heavy atom. The van der Waals surface area contributed by atoms with Gasteiger partial charge in [-0.25, -0.2) is 5.84 Å². The fourth-order valence-electron chi connectivity index (χ4n) is 3.09. The van der Waals surface area contributed by atoms with Gasteiger partial charge in [0.15, 0.2) is 0 Å². The Morgan fingerprint density at radius 2 is 1.91 bits per heavy atom. The number of hydrazine groups is 1. The van der Waals surface area contributed by atoms with E-state index in [1.807, 2.05) is 38.1 Å². The number of hydrogen-bond acceptors (Lipinski definition) is 6. The first kappa shape index (κ1) is 23.0. The fraction of sp³-hybridized carbons (Fsp3) is 0.292. The second-order valence-electron chi connectivity index (χ2n) is 7.70. The van der Waals surface area contributed by atoms with Gasteiger partial charge in [0.1, 0.15) is 5.70 Å². The van der Waals surface area contributed by atoms with E-state index in [0.717, 1.165) is 24.2 Å². The normalized spacial score (nSPS) is 14.1. The minimum Gasteiger partial charge on any atom is -0.393 e. The Morgan fingerprint density at radius 1 is 1.19 bits per heavy atom. The lowest BCUT2D eigenvalue weighted by molar-refractivity contribution is -0.117. The van der Waals surface area contributed by atoms with Gasteiger partial charge < -0.3 is 16.4 Å². The summed E-state index contributed by atoms with van der Waals surface area (Å²) in [4.78, 5) is 29.1. The molecule has 168 valence electrons. The molecule has 8 nitrogen and oxygen atoms in total. The lowest BCUT2D eigenvalue weighted by atomic mass is 10.1. The maximum absolute atomic E-state index is 12.6. The number of hydrogen-bond donors (Lipinski definition) is 4. The van der Waals surface area contributed by atoms with Crippen LogP contribution in [0.2, 0.25) is 0 Å². The summed E-state index contributed by atoms with van der Waals surface area (Å²) in [6.45, 7) is 4.34. The Kier molecular flexibility index (Phi) is 7.62. The van der Waals surface area contributed by atoms with Crippen LogP contribution in [-0.2, 0) is 11.2 Å². The number of pyridine rings is 1. The Bertz CT molecular complexity index is 1030. The average molecular weight is 435 g/mol. The largest absolute Gasteiger partial charge is 0.393 e. The van der Waals surface area contributed by atoms with Gasteiger partial charge in [-0.05, 0) is 69.2 Å². The molecule has 0 bridgehead atoms. The number of nitrogens with zero attached hydrogens (tertiary/aromatic N) is 2. The maximum atomic E-state index is 12.6. The van der Waals surface area contributed by atoms with Gasteiger partial charge in [0.05, 0.1) is 11.4 Å². The summed E-state index contributed by atoms with van der Waals surface area (Å²) in [6.07, 6.45) is 6.07. The quantitative estimate of drug-likeness (QED) is 0.207. The molecule has 32 heavy (non-hydrogen) atoms. The molecule has 0 radical (unpaired) electrons. The van der Waals surface area contributed by atoms with Crippen molar-refractivity contribution >= 4 is 17.5 Å². The van der Waals surface area contributed by atoms with Crippen molar-refractivity contribution in [1.29, 1.82) is 0 Å². The van der Waals surface area contributed by atoms with Gasteiger partial charge in [-0.3, -0.25) is 19.6 Å². The van der Waals surface area contributed by atoms with E-state index in [-0.39, 0.29) is 23.6 Å².